The molecule has 0 amide bonds. The zero-order chi connectivity index (χ0) is 18.4. The minimum atomic E-state index is -1.63. The molecule has 1 atom stereocenters. The summed E-state index contributed by atoms with van der Waals surface area (Å²) in [5.41, 5.74) is -0.314. The van der Waals surface area contributed by atoms with Crippen LogP contribution in [-0.4, -0.2) is 38.7 Å². The summed E-state index contributed by atoms with van der Waals surface area (Å²) in [5.74, 6) is -2.49. The van der Waals surface area contributed by atoms with Gasteiger partial charge in [-0.05, 0) is 30.9 Å². The van der Waals surface area contributed by atoms with Crippen molar-refractivity contribution in [2.45, 2.75) is 19.8 Å². The monoisotopic (exact) mass is 346 g/mol. The van der Waals surface area contributed by atoms with E-state index in [9.17, 15) is 14.4 Å². The number of hydrogen-bond acceptors (Lipinski definition) is 6. The van der Waals surface area contributed by atoms with Crippen molar-refractivity contribution in [2.24, 2.45) is 11.3 Å². The Hall–Kier alpha value is -2.63. The second-order valence-corrected chi connectivity index (χ2v) is 5.83. The van der Waals surface area contributed by atoms with Gasteiger partial charge in [0.25, 0.3) is 0 Å². The molecule has 0 radical (unpaired) electrons. The van der Waals surface area contributed by atoms with Crippen LogP contribution in [0, 0.1) is 11.3 Å². The van der Waals surface area contributed by atoms with Crippen molar-refractivity contribution in [3.63, 3.8) is 0 Å². The SMILES string of the molecule is CCOC(=O)C1C/C(=C\c2ccccc2)C(C(=O)OC)(C(=O)OC)C1. The number of carbonyl (C=O) groups is 3. The first-order chi connectivity index (χ1) is 12.0. The minimum absolute atomic E-state index is 0.0240. The van der Waals surface area contributed by atoms with Crippen LogP contribution >= 0.6 is 0 Å². The Kier molecular flexibility index (Phi) is 5.96. The van der Waals surface area contributed by atoms with Crippen LogP contribution in [0.15, 0.2) is 35.9 Å². The molecule has 1 unspecified atom stereocenters. The predicted octanol–water partition coefficient (Wildman–Crippen LogP) is 2.38. The zero-order valence-corrected chi connectivity index (χ0v) is 14.6. The Morgan fingerprint density at radius 2 is 1.72 bits per heavy atom. The zero-order valence-electron chi connectivity index (χ0n) is 14.6. The van der Waals surface area contributed by atoms with Crippen LogP contribution in [0.3, 0.4) is 0 Å². The number of esters is 3. The van der Waals surface area contributed by atoms with Gasteiger partial charge in [0.05, 0.1) is 26.7 Å². The number of ether oxygens (including phenoxy) is 3. The normalized spacial score (nSPS) is 20.1. The van der Waals surface area contributed by atoms with E-state index in [4.69, 9.17) is 14.2 Å². The van der Waals surface area contributed by atoms with Gasteiger partial charge in [-0.3, -0.25) is 14.4 Å². The van der Waals surface area contributed by atoms with Crippen LogP contribution < -0.4 is 0 Å². The lowest BCUT2D eigenvalue weighted by molar-refractivity contribution is -0.166. The summed E-state index contributed by atoms with van der Waals surface area (Å²) in [6.45, 7) is 1.94. The van der Waals surface area contributed by atoms with E-state index in [0.717, 1.165) is 5.56 Å². The summed E-state index contributed by atoms with van der Waals surface area (Å²) < 4.78 is 14.8. The molecule has 0 heterocycles. The predicted molar refractivity (Wildman–Crippen MR) is 90.2 cm³/mol. The third-order valence-corrected chi connectivity index (χ3v) is 4.40. The van der Waals surface area contributed by atoms with E-state index in [1.165, 1.54) is 14.2 Å². The fourth-order valence-electron chi connectivity index (χ4n) is 3.23. The molecule has 0 saturated heterocycles. The molecule has 1 fully saturated rings. The van der Waals surface area contributed by atoms with Crippen molar-refractivity contribution in [3.05, 3.63) is 41.5 Å². The molecule has 1 aromatic carbocycles. The second kappa shape index (κ2) is 7.96. The van der Waals surface area contributed by atoms with E-state index >= 15 is 0 Å². The molecule has 1 aromatic rings. The number of methoxy groups -OCH3 is 2. The van der Waals surface area contributed by atoms with Crippen molar-refractivity contribution in [1.29, 1.82) is 0 Å². The van der Waals surface area contributed by atoms with Crippen molar-refractivity contribution >= 4 is 24.0 Å². The maximum absolute atomic E-state index is 12.5. The Labute approximate surface area is 146 Å². The number of carbonyl (C=O) groups excluding carboxylic acids is 3. The molecule has 0 bridgehead atoms. The smallest absolute Gasteiger partial charge is 0.327 e. The van der Waals surface area contributed by atoms with Crippen molar-refractivity contribution < 1.29 is 28.6 Å². The van der Waals surface area contributed by atoms with Gasteiger partial charge in [-0.25, -0.2) is 0 Å². The molecule has 6 heteroatoms. The average molecular weight is 346 g/mol. The number of benzene rings is 1. The molecule has 1 aliphatic rings. The van der Waals surface area contributed by atoms with Gasteiger partial charge in [0.15, 0.2) is 5.41 Å². The summed E-state index contributed by atoms with van der Waals surface area (Å²) in [6.07, 6.45) is 1.95. The molecule has 6 nitrogen and oxygen atoms in total. The highest BCUT2D eigenvalue weighted by atomic mass is 16.5. The first-order valence-corrected chi connectivity index (χ1v) is 8.09. The number of rotatable bonds is 5. The first-order valence-electron chi connectivity index (χ1n) is 8.09. The molecule has 0 spiro atoms. The highest BCUT2D eigenvalue weighted by Crippen LogP contribution is 2.49. The molecule has 134 valence electrons. The topological polar surface area (TPSA) is 78.9 Å². The lowest BCUT2D eigenvalue weighted by Gasteiger charge is -2.25. The molecular formula is C19H22O6. The molecule has 0 aromatic heterocycles. The Bertz CT molecular complexity index is 660. The van der Waals surface area contributed by atoms with Gasteiger partial charge < -0.3 is 14.2 Å². The molecule has 1 saturated carbocycles. The van der Waals surface area contributed by atoms with Crippen LogP contribution in [-0.2, 0) is 28.6 Å². The van der Waals surface area contributed by atoms with Crippen LogP contribution in [0.25, 0.3) is 6.08 Å². The standard InChI is InChI=1S/C19H22O6/c1-4-25-16(20)14-11-15(10-13-8-6-5-7-9-13)19(12-14,17(21)23-2)18(22)24-3/h5-10,14H,4,11-12H2,1-3H3/b15-10+. The number of hydrogen-bond donors (Lipinski definition) is 0. The minimum Gasteiger partial charge on any atom is -0.468 e. The lowest BCUT2D eigenvalue weighted by atomic mass is 9.81. The van der Waals surface area contributed by atoms with Crippen molar-refractivity contribution in [3.8, 4) is 0 Å². The maximum Gasteiger partial charge on any atom is 0.327 e. The molecule has 1 aliphatic carbocycles. The summed E-state index contributed by atoms with van der Waals surface area (Å²) in [7, 11) is 2.43. The van der Waals surface area contributed by atoms with Crippen LogP contribution in [0.5, 0.6) is 0 Å². The summed E-state index contributed by atoms with van der Waals surface area (Å²) >= 11 is 0. The lowest BCUT2D eigenvalue weighted by Crippen LogP contribution is -2.41. The second-order valence-electron chi connectivity index (χ2n) is 5.83. The van der Waals surface area contributed by atoms with E-state index in [1.54, 1.807) is 13.0 Å². The van der Waals surface area contributed by atoms with Gasteiger partial charge >= 0.3 is 17.9 Å². The van der Waals surface area contributed by atoms with Crippen molar-refractivity contribution in [1.82, 2.24) is 0 Å². The van der Waals surface area contributed by atoms with E-state index in [0.29, 0.717) is 5.57 Å². The van der Waals surface area contributed by atoms with Gasteiger partial charge in [-0.2, -0.15) is 0 Å². The largest absolute Gasteiger partial charge is 0.468 e. The van der Waals surface area contributed by atoms with Gasteiger partial charge in [0.1, 0.15) is 0 Å². The molecule has 0 N–H and O–H groups in total. The van der Waals surface area contributed by atoms with E-state index in [1.807, 2.05) is 30.3 Å². The first kappa shape index (κ1) is 18.7. The third kappa shape index (κ3) is 3.57. The summed E-state index contributed by atoms with van der Waals surface area (Å²) in [6, 6.07) is 9.27. The Balaban J connectivity index is 2.53. The summed E-state index contributed by atoms with van der Waals surface area (Å²) in [4.78, 5) is 37.3. The van der Waals surface area contributed by atoms with Crippen LogP contribution in [0.1, 0.15) is 25.3 Å². The van der Waals surface area contributed by atoms with E-state index in [-0.39, 0.29) is 19.4 Å². The van der Waals surface area contributed by atoms with Crippen LogP contribution in [0.4, 0.5) is 0 Å². The van der Waals surface area contributed by atoms with Gasteiger partial charge in [0.2, 0.25) is 0 Å². The molecule has 25 heavy (non-hydrogen) atoms. The van der Waals surface area contributed by atoms with Gasteiger partial charge in [-0.1, -0.05) is 36.4 Å². The maximum atomic E-state index is 12.5. The van der Waals surface area contributed by atoms with E-state index < -0.39 is 29.2 Å². The molecule has 0 aliphatic heterocycles. The fraction of sp³-hybridized carbons (Fsp3) is 0.421. The van der Waals surface area contributed by atoms with E-state index in [2.05, 4.69) is 0 Å². The molecule has 2 rings (SSSR count). The third-order valence-electron chi connectivity index (χ3n) is 4.40. The highest BCUT2D eigenvalue weighted by Gasteiger charge is 2.58. The highest BCUT2D eigenvalue weighted by molar-refractivity contribution is 6.06. The average Bonchev–Trinajstić information content (AvgIpc) is 3.02. The van der Waals surface area contributed by atoms with Gasteiger partial charge in [-0.15, -0.1) is 0 Å². The Morgan fingerprint density at radius 1 is 1.12 bits per heavy atom. The van der Waals surface area contributed by atoms with Gasteiger partial charge in [0, 0.05) is 0 Å². The summed E-state index contributed by atoms with van der Waals surface area (Å²) in [5, 5.41) is 0. The fourth-order valence-corrected chi connectivity index (χ4v) is 3.23. The molecular weight excluding hydrogens is 324 g/mol. The quantitative estimate of drug-likeness (QED) is 0.463. The van der Waals surface area contributed by atoms with Crippen molar-refractivity contribution in [2.75, 3.05) is 20.8 Å². The van der Waals surface area contributed by atoms with Crippen LogP contribution in [0.2, 0.25) is 0 Å². The Morgan fingerprint density at radius 3 is 2.24 bits per heavy atom.